The van der Waals surface area contributed by atoms with Gasteiger partial charge < -0.3 is 98.1 Å². The predicted molar refractivity (Wildman–Crippen MR) is 404 cm³/mol. The number of aliphatic hydroxyl groups is 2. The molecule has 0 bridgehead atoms. The molecule has 16 rings (SSSR count). The van der Waals surface area contributed by atoms with Crippen LogP contribution in [0.25, 0.3) is 0 Å². The molecule has 0 radical (unpaired) electrons. The molecule has 32 nitrogen and oxygen atoms in total. The van der Waals surface area contributed by atoms with E-state index in [4.69, 9.17) is 56.8 Å². The number of pyridine rings is 2. The van der Waals surface area contributed by atoms with Crippen LogP contribution >= 0.6 is 43.2 Å². The van der Waals surface area contributed by atoms with E-state index >= 15 is 0 Å². The largest absolute Gasteiger partial charge is 0.507 e. The Bertz CT molecular complexity index is 4750. The molecule has 2 amide bonds. The molecule has 113 heavy (non-hydrogen) atoms. The first-order valence-electron chi connectivity index (χ1n) is 36.7. The van der Waals surface area contributed by atoms with E-state index in [0.717, 1.165) is 5.03 Å². The van der Waals surface area contributed by atoms with Gasteiger partial charge in [-0.2, -0.15) is 0 Å². The van der Waals surface area contributed by atoms with E-state index in [-0.39, 0.29) is 106 Å². The molecule has 4 aromatic carbocycles. The fraction of sp³-hybridized carbons (Fsp3) is 0.481. The molecule has 36 heteroatoms. The second-order valence-corrected chi connectivity index (χ2v) is 33.6. The summed E-state index contributed by atoms with van der Waals surface area (Å²) in [6.07, 6.45) is -6.19. The predicted octanol–water partition coefficient (Wildman–Crippen LogP) is 6.24. The minimum atomic E-state index is -2.20. The van der Waals surface area contributed by atoms with E-state index in [0.29, 0.717) is 59.7 Å². The number of methoxy groups -OCH3 is 4. The van der Waals surface area contributed by atoms with E-state index < -0.39 is 173 Å². The zero-order valence-corrected chi connectivity index (χ0v) is 65.6. The van der Waals surface area contributed by atoms with Gasteiger partial charge in [0.2, 0.25) is 11.6 Å². The van der Waals surface area contributed by atoms with Crippen molar-refractivity contribution in [1.82, 2.24) is 30.4 Å². The summed E-state index contributed by atoms with van der Waals surface area (Å²) in [7, 11) is 12.9. The lowest BCUT2D eigenvalue weighted by Gasteiger charge is -2.43. The maximum absolute atomic E-state index is 14.1. The highest BCUT2D eigenvalue weighted by molar-refractivity contribution is 8.77. The minimum absolute atomic E-state index is 0.0136. The smallest absolute Gasteiger partial charge is 0.273 e. The van der Waals surface area contributed by atoms with Gasteiger partial charge in [-0.3, -0.25) is 38.6 Å². The van der Waals surface area contributed by atoms with Gasteiger partial charge in [0, 0.05) is 158 Å². The van der Waals surface area contributed by atoms with E-state index in [2.05, 4.69) is 30.4 Å². The van der Waals surface area contributed by atoms with Crippen molar-refractivity contribution in [1.29, 1.82) is 0 Å². The van der Waals surface area contributed by atoms with Gasteiger partial charge in [-0.25, -0.2) is 9.97 Å². The fourth-order valence-electron chi connectivity index (χ4n) is 17.0. The molecular weight excluding hydrogens is 1550 g/mol. The van der Waals surface area contributed by atoms with Gasteiger partial charge in [-0.05, 0) is 65.8 Å². The first kappa shape index (κ1) is 80.2. The van der Waals surface area contributed by atoms with Gasteiger partial charge in [0.25, 0.3) is 17.5 Å². The molecule has 6 aromatic rings. The number of nitrogens with zero attached hydrogens (tertiary/aromatic N) is 5. The lowest BCUT2D eigenvalue weighted by atomic mass is 9.72. The average Bonchev–Trinajstić information content (AvgIpc) is 1.22. The van der Waals surface area contributed by atoms with Gasteiger partial charge in [-0.15, -0.1) is 0 Å². The van der Waals surface area contributed by atoms with Crippen molar-refractivity contribution in [2.75, 3.05) is 86.4 Å². The Kier molecular flexibility index (Phi) is 23.4. The molecular formula is C77H84N7O25S4+. The number of aromatic nitrogens is 2. The van der Waals surface area contributed by atoms with Crippen LogP contribution in [0, 0.1) is 4.91 Å². The Hall–Kier alpha value is -7.96. The van der Waals surface area contributed by atoms with Crippen molar-refractivity contribution < 1.29 is 121 Å². The number of ketones is 4. The number of hydrogen-bond acceptors (Lipinski definition) is 33. The Balaban J connectivity index is 0.000000179. The average molecular weight is 1640 g/mol. The highest BCUT2D eigenvalue weighted by atomic mass is 33.1. The summed E-state index contributed by atoms with van der Waals surface area (Å²) in [5, 5.41) is 79.1. The summed E-state index contributed by atoms with van der Waals surface area (Å²) in [6, 6.07) is 17.6. The molecule has 6 saturated heterocycles. The van der Waals surface area contributed by atoms with Gasteiger partial charge in [0.05, 0.1) is 85.2 Å². The number of nitroso groups, excluding NO2 is 1. The zero-order chi connectivity index (χ0) is 79.6. The van der Waals surface area contributed by atoms with Crippen LogP contribution in [0.1, 0.15) is 138 Å². The number of carbonyl (C=O) groups is 6. The summed E-state index contributed by atoms with van der Waals surface area (Å²) in [4.78, 5) is 108. The Morgan fingerprint density at radius 3 is 1.43 bits per heavy atom. The molecule has 0 saturated carbocycles. The number of phenolic OH excluding ortho intramolecular Hbond substituents is 4. The number of phenols is 4. The molecule has 4 aliphatic carbocycles. The Morgan fingerprint density at radius 2 is 1.03 bits per heavy atom. The van der Waals surface area contributed by atoms with Crippen molar-refractivity contribution >= 4 is 83.8 Å². The first-order chi connectivity index (χ1) is 54.4. The number of benzene rings is 4. The molecule has 0 unspecified atom stereocenters. The molecule has 600 valence electrons. The third-order valence-corrected chi connectivity index (χ3v) is 26.7. The third kappa shape index (κ3) is 14.9. The molecule has 0 spiro atoms. The van der Waals surface area contributed by atoms with Crippen LogP contribution in [0.2, 0.25) is 0 Å². The van der Waals surface area contributed by atoms with Crippen LogP contribution in [-0.4, -0.2) is 262 Å². The van der Waals surface area contributed by atoms with E-state index in [9.17, 15) is 64.3 Å². The topological polar surface area (TPSA) is 411 Å². The van der Waals surface area contributed by atoms with Crippen LogP contribution in [-0.2, 0) is 69.8 Å². The highest BCUT2D eigenvalue weighted by Crippen LogP contribution is 2.56. The monoisotopic (exact) mass is 1630 g/mol. The number of carbonyl (C=O) groups excluding carboxylic acids is 6. The lowest BCUT2D eigenvalue weighted by Crippen LogP contribution is -2.55. The molecule has 16 atom stereocenters. The molecule has 6 aliphatic heterocycles. The standard InChI is InChI=1S/C39H42N4O13S2.C38H41N3O12S2/c1-18-35-22(43-11-12-53-37(52-4)36(43)56-35)14-26(54-18)55-24-16-39(49,38(48)40-10-13-57-58-25-9-8-19(17-41-25)42(2)50)15-21-28(24)34(47)30-29(32(21)45)31(44)20-6-5-7-23(51-3)27(20)33(30)46;1-18-34-21(41-12-13-50-36(49-3)35(41)53-34)15-25(51-18)52-23-17-38(47,37(46)40-11-14-54-55-24-9-4-5-10-39-24)16-20-27(23)33(45)29-28(31(20)43)30(42)19-7-6-8-22(48-2)26(19)32(29)44/h5-9,17-18,22,24,26,35-37,49H,10-16H2,1-4H3,(H2-,40,44,45,46,47,48);4-10,18,21,23,25,34-36,43,45,47H,11-17H2,1-3H3,(H,40,46)/p+1/t18-,22-,24-,26-,35+,36+,37-,39-;18-,21-,23-,25-,34+,35+,36-,38-/m00/s1. The molecule has 2 aromatic heterocycles. The Morgan fingerprint density at radius 1 is 0.575 bits per heavy atom. The minimum Gasteiger partial charge on any atom is -0.507 e. The SMILES string of the molecule is COc1cccc2c1C(=O)c1c(O)c3c(c(O)c1C2=O)C[C@@](O)(C(=O)NCCSSc1ccc([N+](C)=O)cn1)C[C@@H]3O[C@H]1C[C@H]2[C@H](O[C@@H]3[C@@H](OC)OCCN32)[C@H](C)O1.COc1cccc2c1C(=O)c1c(O)c3c(c(O)c1C2=O)C[C@@](O)(C(=O)NCCSSc1ccccn1)C[C@@H]3O[C@H]1C[C@H]2[C@H](O[C@@H]3[C@@H](OC)OCCN32)[C@H](C)O1. The number of rotatable bonds is 21. The number of amides is 2. The highest BCUT2D eigenvalue weighted by Gasteiger charge is 2.58. The summed E-state index contributed by atoms with van der Waals surface area (Å²) in [5.74, 6) is -5.74. The van der Waals surface area contributed by atoms with Gasteiger partial charge >= 0.3 is 0 Å². The van der Waals surface area contributed by atoms with Crippen LogP contribution in [0.3, 0.4) is 0 Å². The van der Waals surface area contributed by atoms with E-state index in [1.54, 1.807) is 38.6 Å². The summed E-state index contributed by atoms with van der Waals surface area (Å²) < 4.78 is 72.6. The van der Waals surface area contributed by atoms with E-state index in [1.165, 1.54) is 101 Å². The van der Waals surface area contributed by atoms with Crippen LogP contribution < -0.4 is 20.1 Å². The normalized spacial score (nSPS) is 29.3. The number of ether oxygens (including phenoxy) is 12. The van der Waals surface area contributed by atoms with Crippen molar-refractivity contribution in [2.24, 2.45) is 0 Å². The number of fused-ring (bicyclic) bond motifs is 12. The number of hydrogen-bond donors (Lipinski definition) is 8. The molecule has 6 fully saturated rings. The maximum Gasteiger partial charge on any atom is 0.273 e. The van der Waals surface area contributed by atoms with Crippen LogP contribution in [0.5, 0.6) is 34.5 Å². The van der Waals surface area contributed by atoms with Crippen molar-refractivity contribution in [2.45, 2.75) is 160 Å². The van der Waals surface area contributed by atoms with Gasteiger partial charge in [-0.1, -0.05) is 51.9 Å². The number of morpholine rings is 2. The van der Waals surface area contributed by atoms with Crippen LogP contribution in [0.15, 0.2) is 89.2 Å². The summed E-state index contributed by atoms with van der Waals surface area (Å²) in [5.41, 5.74) is -6.04. The second kappa shape index (κ2) is 33.0. The fourth-order valence-corrected chi connectivity index (χ4v) is 20.5. The molecule has 10 aliphatic rings. The zero-order valence-electron chi connectivity index (χ0n) is 62.3. The lowest BCUT2D eigenvalue weighted by molar-refractivity contribution is -0.428. The summed E-state index contributed by atoms with van der Waals surface area (Å²) in [6.45, 7) is 6.03. The second-order valence-electron chi connectivity index (χ2n) is 28.7. The van der Waals surface area contributed by atoms with E-state index in [1.807, 2.05) is 32.0 Å². The first-order valence-corrected chi connectivity index (χ1v) is 41.4. The Labute approximate surface area is 663 Å². The maximum atomic E-state index is 14.1. The third-order valence-electron chi connectivity index (χ3n) is 22.2. The van der Waals surface area contributed by atoms with Gasteiger partial charge in [0.15, 0.2) is 56.2 Å². The van der Waals surface area contributed by atoms with Crippen molar-refractivity contribution in [3.63, 3.8) is 0 Å². The summed E-state index contributed by atoms with van der Waals surface area (Å²) >= 11 is 0. The molecule has 8 heterocycles. The van der Waals surface area contributed by atoms with Gasteiger partial charge in [0.1, 0.15) is 74.2 Å². The number of nitrogens with one attached hydrogen (secondary N) is 2. The van der Waals surface area contributed by atoms with Crippen molar-refractivity contribution in [3.05, 3.63) is 151 Å². The van der Waals surface area contributed by atoms with Crippen molar-refractivity contribution in [3.8, 4) is 34.5 Å². The van der Waals surface area contributed by atoms with Crippen LogP contribution in [0.4, 0.5) is 5.69 Å². The number of aromatic hydroxyl groups is 4. The quantitative estimate of drug-likeness (QED) is 0.0171. The molecule has 8 N–H and O–H groups in total.